The van der Waals surface area contributed by atoms with E-state index in [4.69, 9.17) is 0 Å². The second-order valence-corrected chi connectivity index (χ2v) is 38.5. The van der Waals surface area contributed by atoms with Crippen LogP contribution in [0.1, 0.15) is 40.3 Å². The van der Waals surface area contributed by atoms with Crippen LogP contribution in [0.5, 0.6) is 0 Å². The molecule has 3 aliphatic rings. The summed E-state index contributed by atoms with van der Waals surface area (Å²) in [4.78, 5) is 10.4. The number of benzene rings is 23. The molecule has 0 amide bonds. The minimum atomic E-state index is -0.0762. The lowest BCUT2D eigenvalue weighted by Gasteiger charge is -2.34. The van der Waals surface area contributed by atoms with E-state index in [1.807, 2.05) is 0 Å². The first kappa shape index (κ1) is 83.5. The van der Waals surface area contributed by atoms with E-state index in [1.54, 1.807) is 0 Å². The molecule has 28 rings (SSSR count). The summed E-state index contributed by atoms with van der Waals surface area (Å²) in [6.07, 6.45) is 11.6. The summed E-state index contributed by atoms with van der Waals surface area (Å²) in [5.41, 5.74) is 35.1. The van der Waals surface area contributed by atoms with Gasteiger partial charge in [-0.3, -0.25) is 0 Å². The number of rotatable bonds is 18. The van der Waals surface area contributed by atoms with Crippen molar-refractivity contribution in [3.8, 4) is 55.9 Å². The molecule has 0 radical (unpaired) electrons. The fourth-order valence-corrected chi connectivity index (χ4v) is 23.7. The van der Waals surface area contributed by atoms with Crippen molar-refractivity contribution in [2.75, 3.05) is 19.6 Å². The van der Waals surface area contributed by atoms with Crippen LogP contribution >= 0.6 is 0 Å². The molecule has 0 bridgehead atoms. The first-order valence-electron chi connectivity index (χ1n) is 50.1. The Morgan fingerprint density at radius 1 is 0.215 bits per heavy atom. The van der Waals surface area contributed by atoms with Crippen molar-refractivity contribution in [1.82, 2.24) is 9.13 Å². The van der Waals surface area contributed by atoms with Gasteiger partial charge in [0.15, 0.2) is 0 Å². The van der Waals surface area contributed by atoms with Gasteiger partial charge in [-0.05, 0) is 245 Å². The first-order valence-corrected chi connectivity index (χ1v) is 50.1. The van der Waals surface area contributed by atoms with Gasteiger partial charge in [-0.15, -0.1) is 0 Å². The van der Waals surface area contributed by atoms with Crippen molar-refractivity contribution in [3.63, 3.8) is 0 Å². The predicted molar refractivity (Wildman–Crippen MR) is 610 cm³/mol. The summed E-state index contributed by atoms with van der Waals surface area (Å²) in [6, 6.07) is 191. The van der Waals surface area contributed by atoms with Crippen molar-refractivity contribution in [3.05, 3.63) is 556 Å². The first-order chi connectivity index (χ1) is 71.4. The zero-order chi connectivity index (χ0) is 94.8. The van der Waals surface area contributed by atoms with Crippen LogP contribution in [-0.4, -0.2) is 15.2 Å². The lowest BCUT2D eigenvalue weighted by Crippen LogP contribution is -2.29. The molecule has 676 valence electrons. The number of allylic oxidation sites excluding steroid dienone is 3. The van der Waals surface area contributed by atoms with E-state index in [9.17, 15) is 0 Å². The van der Waals surface area contributed by atoms with Gasteiger partial charge in [0, 0.05) is 94.1 Å². The Hall–Kier alpha value is -18.6. The summed E-state index contributed by atoms with van der Waals surface area (Å²) in [5, 5.41) is 17.4. The van der Waals surface area contributed by atoms with Crippen molar-refractivity contribution in [2.24, 2.45) is 0 Å². The third-order valence-corrected chi connectivity index (χ3v) is 30.4. The molecule has 2 atom stereocenters. The largest absolute Gasteiger partial charge is 0.333 e. The van der Waals surface area contributed by atoms with Crippen molar-refractivity contribution < 1.29 is 0 Å². The minimum Gasteiger partial charge on any atom is -0.333 e. The topological polar surface area (TPSA) is 22.8 Å². The van der Waals surface area contributed by atoms with Crippen LogP contribution in [0.2, 0.25) is 0 Å². The molecule has 2 aromatic heterocycles. The van der Waals surface area contributed by atoms with Gasteiger partial charge in [0.2, 0.25) is 0 Å². The molecular formula is C138H94N6. The summed E-state index contributed by atoms with van der Waals surface area (Å²) >= 11 is 0. The molecule has 2 aliphatic carbocycles. The molecule has 6 heteroatoms. The Bertz CT molecular complexity index is 9510. The standard InChI is InChI=1S/C138H94N6/c1-4-28-91(29-5-1)94-58-64-97(65-59-94)106-70-76-133-121(82-106)124-88-109(73-79-136(124)142(133)130-55-25-43-103-37-13-19-49-118(103)130)139(127-52-22-40-100-34-10-16-46-115(100)127)112-85-113(140(128-53-23-41-101-35-11-17-47-116(101)128)110-74-80-137-125(89-110)122-83-107(98-66-60-95(61-67-98)92-30-6-2-7-31-92)71-77-134(122)143(137)131-56-26-44-104-38-14-20-50-119(104)131)87-114(86-112)141(129-54-24-42-102-36-12-18-48-117(102)129)111-75-81-138-126(90-111)123-84-108(99-68-62-96(63-69-99)93-32-8-3-9-33-93)72-78-135(123)144(138)132-57-27-45-105-39-15-21-51-120(105)132/h1-71,73-77,79-90,121,133H,72,78H2. The molecule has 25 aromatic rings. The number of aromatic nitrogens is 2. The lowest BCUT2D eigenvalue weighted by atomic mass is 9.85. The highest BCUT2D eigenvalue weighted by atomic mass is 15.2. The molecule has 1 aliphatic heterocycles. The van der Waals surface area contributed by atoms with Crippen LogP contribution in [0.15, 0.2) is 528 Å². The third-order valence-electron chi connectivity index (χ3n) is 30.4. The van der Waals surface area contributed by atoms with Crippen molar-refractivity contribution in [1.29, 1.82) is 0 Å². The van der Waals surface area contributed by atoms with E-state index in [-0.39, 0.29) is 12.0 Å². The highest BCUT2D eigenvalue weighted by Crippen LogP contribution is 2.57. The average Bonchev–Trinajstić information content (AvgIpc) is 1.34. The molecule has 0 fully saturated rings. The monoisotopic (exact) mass is 1830 g/mol. The maximum atomic E-state index is 2.63. The fourth-order valence-electron chi connectivity index (χ4n) is 23.7. The van der Waals surface area contributed by atoms with Gasteiger partial charge >= 0.3 is 0 Å². The summed E-state index contributed by atoms with van der Waals surface area (Å²) < 4.78 is 5.11. The Kier molecular flexibility index (Phi) is 20.2. The van der Waals surface area contributed by atoms with Crippen LogP contribution in [0, 0.1) is 0 Å². The number of nitrogens with zero attached hydrogens (tertiary/aromatic N) is 6. The van der Waals surface area contributed by atoms with Crippen LogP contribution in [0.4, 0.5) is 62.6 Å². The molecule has 2 unspecified atom stereocenters. The molecular weight excluding hydrogens is 1740 g/mol. The average molecular weight is 1840 g/mol. The minimum absolute atomic E-state index is 0.0604. The van der Waals surface area contributed by atoms with E-state index in [1.165, 1.54) is 127 Å². The molecule has 0 saturated heterocycles. The molecule has 6 nitrogen and oxygen atoms in total. The van der Waals surface area contributed by atoms with Crippen molar-refractivity contribution in [2.45, 2.75) is 24.8 Å². The smallest absolute Gasteiger partial charge is 0.0630 e. The Morgan fingerprint density at radius 3 is 1.03 bits per heavy atom. The van der Waals surface area contributed by atoms with Crippen LogP contribution in [0.25, 0.3) is 170 Å². The second-order valence-electron chi connectivity index (χ2n) is 38.5. The van der Waals surface area contributed by atoms with E-state index in [2.05, 4.69) is 563 Å². The molecule has 144 heavy (non-hydrogen) atoms. The number of fused-ring (bicyclic) bond motifs is 15. The van der Waals surface area contributed by atoms with Gasteiger partial charge in [0.05, 0.1) is 68.1 Å². The Balaban J connectivity index is 0.721. The molecule has 0 N–H and O–H groups in total. The SMILES string of the molecule is C1=CC2C(C=C1c1ccc(-c3ccccc3)cc1)c1cc(N(c3cc(N(c4ccc5c(c4)c4c(n5-c5cccc6ccccc56)CCC(c5ccc(-c6ccccc6)cc5)=C4)c4cccc5ccccc45)cc(N(c4ccc5c(c4)c4cc(-c6ccc(-c7ccccc7)cc6)ccc4n5-c4cccc5ccccc45)c4cccc5ccccc45)c3)c3cccc4ccccc34)ccc1N2c1cccc2ccccc12. The summed E-state index contributed by atoms with van der Waals surface area (Å²) in [5.74, 6) is -0.0762. The number of hydrogen-bond donors (Lipinski definition) is 0. The van der Waals surface area contributed by atoms with Crippen molar-refractivity contribution >= 4 is 177 Å². The predicted octanol–water partition coefficient (Wildman–Crippen LogP) is 37.5. The zero-order valence-electron chi connectivity index (χ0n) is 79.1. The van der Waals surface area contributed by atoms with Crippen LogP contribution in [0.3, 0.4) is 0 Å². The van der Waals surface area contributed by atoms with Gasteiger partial charge in [-0.2, -0.15) is 0 Å². The normalized spacial score (nSPS) is 13.8. The highest BCUT2D eigenvalue weighted by molar-refractivity contribution is 6.15. The Labute approximate surface area is 836 Å². The zero-order valence-corrected chi connectivity index (χ0v) is 79.1. The van der Waals surface area contributed by atoms with E-state index in [0.717, 1.165) is 140 Å². The molecule has 23 aromatic carbocycles. The fraction of sp³-hybridized carbons (Fsp3) is 0.0290. The number of hydrogen-bond acceptors (Lipinski definition) is 4. The van der Waals surface area contributed by atoms with E-state index >= 15 is 0 Å². The Morgan fingerprint density at radius 2 is 0.556 bits per heavy atom. The van der Waals surface area contributed by atoms with E-state index < -0.39 is 0 Å². The van der Waals surface area contributed by atoms with Crippen LogP contribution < -0.4 is 19.6 Å². The summed E-state index contributed by atoms with van der Waals surface area (Å²) in [6.45, 7) is 0. The second kappa shape index (κ2) is 34.8. The highest BCUT2D eigenvalue weighted by Gasteiger charge is 2.41. The molecule has 0 spiro atoms. The lowest BCUT2D eigenvalue weighted by molar-refractivity contribution is 0.748. The number of anilines is 11. The maximum Gasteiger partial charge on any atom is 0.0630 e. The summed E-state index contributed by atoms with van der Waals surface area (Å²) in [7, 11) is 0. The van der Waals surface area contributed by atoms with Gasteiger partial charge < -0.3 is 28.7 Å². The van der Waals surface area contributed by atoms with Gasteiger partial charge in [-0.1, -0.05) is 406 Å². The van der Waals surface area contributed by atoms with Gasteiger partial charge in [0.25, 0.3) is 0 Å². The quantitative estimate of drug-likeness (QED) is 0.0854. The third kappa shape index (κ3) is 14.3. The molecule has 0 saturated carbocycles. The van der Waals surface area contributed by atoms with E-state index in [0.29, 0.717) is 0 Å². The van der Waals surface area contributed by atoms with Crippen LogP contribution in [-0.2, 0) is 6.42 Å². The van der Waals surface area contributed by atoms with Gasteiger partial charge in [-0.25, -0.2) is 0 Å². The molecule has 3 heterocycles. The van der Waals surface area contributed by atoms with Gasteiger partial charge in [0.1, 0.15) is 0 Å². The maximum absolute atomic E-state index is 2.63.